The van der Waals surface area contributed by atoms with Gasteiger partial charge in [0, 0.05) is 11.8 Å². The minimum Gasteiger partial charge on any atom is -0.391 e. The van der Waals surface area contributed by atoms with Gasteiger partial charge in [0.05, 0.1) is 11.6 Å². The predicted molar refractivity (Wildman–Crippen MR) is 55.7 cm³/mol. The molecule has 0 fully saturated rings. The Balaban J connectivity index is 2.86. The Kier molecular flexibility index (Phi) is 3.29. The zero-order chi connectivity index (χ0) is 11.6. The van der Waals surface area contributed by atoms with E-state index in [1.54, 1.807) is 20.8 Å². The summed E-state index contributed by atoms with van der Waals surface area (Å²) in [5.74, 6) is -1.78. The SMILES string of the molecule is CC(O)C(C)(C)Nc1ccc(F)c(F)c1. The van der Waals surface area contributed by atoms with Crippen LogP contribution < -0.4 is 5.32 Å². The second kappa shape index (κ2) is 4.14. The largest absolute Gasteiger partial charge is 0.391 e. The molecule has 1 aromatic carbocycles. The van der Waals surface area contributed by atoms with E-state index in [-0.39, 0.29) is 0 Å². The summed E-state index contributed by atoms with van der Waals surface area (Å²) in [6.45, 7) is 5.19. The highest BCUT2D eigenvalue weighted by molar-refractivity contribution is 5.45. The van der Waals surface area contributed by atoms with Gasteiger partial charge in [-0.05, 0) is 32.9 Å². The molecule has 0 aliphatic carbocycles. The van der Waals surface area contributed by atoms with Gasteiger partial charge in [0.2, 0.25) is 0 Å². The fourth-order valence-electron chi connectivity index (χ4n) is 1.05. The molecule has 0 bridgehead atoms. The Hall–Kier alpha value is -1.16. The average Bonchev–Trinajstić information content (AvgIpc) is 2.10. The zero-order valence-electron chi connectivity index (χ0n) is 9.01. The molecule has 0 aliphatic heterocycles. The lowest BCUT2D eigenvalue weighted by molar-refractivity contribution is 0.133. The molecule has 84 valence electrons. The third kappa shape index (κ3) is 2.89. The van der Waals surface area contributed by atoms with Gasteiger partial charge in [0.1, 0.15) is 0 Å². The van der Waals surface area contributed by atoms with Crippen molar-refractivity contribution in [1.82, 2.24) is 0 Å². The van der Waals surface area contributed by atoms with Crippen LogP contribution in [0.1, 0.15) is 20.8 Å². The van der Waals surface area contributed by atoms with E-state index in [0.29, 0.717) is 5.69 Å². The molecule has 1 rings (SSSR count). The number of nitrogens with one attached hydrogen (secondary N) is 1. The van der Waals surface area contributed by atoms with Gasteiger partial charge in [-0.15, -0.1) is 0 Å². The van der Waals surface area contributed by atoms with Crippen LogP contribution in [0.25, 0.3) is 0 Å². The standard InChI is InChI=1S/C11H15F2NO/c1-7(15)11(2,3)14-8-4-5-9(12)10(13)6-8/h4-7,14-15H,1-3H3. The van der Waals surface area contributed by atoms with Crippen molar-refractivity contribution >= 4 is 5.69 Å². The van der Waals surface area contributed by atoms with Crippen LogP contribution in [0.3, 0.4) is 0 Å². The van der Waals surface area contributed by atoms with Crippen molar-refractivity contribution in [3.05, 3.63) is 29.8 Å². The predicted octanol–water partition coefficient (Wildman–Crippen LogP) is 2.54. The second-order valence-corrected chi connectivity index (χ2v) is 4.15. The van der Waals surface area contributed by atoms with E-state index in [1.165, 1.54) is 6.07 Å². The first-order chi connectivity index (χ1) is 6.83. The smallest absolute Gasteiger partial charge is 0.160 e. The van der Waals surface area contributed by atoms with E-state index in [2.05, 4.69) is 5.32 Å². The van der Waals surface area contributed by atoms with Gasteiger partial charge >= 0.3 is 0 Å². The third-order valence-corrected chi connectivity index (χ3v) is 2.43. The molecule has 0 saturated heterocycles. The maximum atomic E-state index is 12.9. The molecule has 15 heavy (non-hydrogen) atoms. The minimum absolute atomic E-state index is 0.444. The van der Waals surface area contributed by atoms with E-state index < -0.39 is 23.3 Å². The Bertz CT molecular complexity index is 350. The van der Waals surface area contributed by atoms with Crippen LogP contribution >= 0.6 is 0 Å². The van der Waals surface area contributed by atoms with Crippen LogP contribution in [-0.4, -0.2) is 16.7 Å². The fourth-order valence-corrected chi connectivity index (χ4v) is 1.05. The van der Waals surface area contributed by atoms with E-state index >= 15 is 0 Å². The number of aliphatic hydroxyl groups is 1. The van der Waals surface area contributed by atoms with E-state index in [4.69, 9.17) is 0 Å². The van der Waals surface area contributed by atoms with Crippen molar-refractivity contribution < 1.29 is 13.9 Å². The van der Waals surface area contributed by atoms with Gasteiger partial charge in [-0.3, -0.25) is 0 Å². The molecule has 0 spiro atoms. The summed E-state index contributed by atoms with van der Waals surface area (Å²) >= 11 is 0. The maximum Gasteiger partial charge on any atom is 0.160 e. The van der Waals surface area contributed by atoms with Crippen LogP contribution in [0.2, 0.25) is 0 Å². The number of hydrogen-bond donors (Lipinski definition) is 2. The van der Waals surface area contributed by atoms with Crippen LogP contribution in [0.4, 0.5) is 14.5 Å². The van der Waals surface area contributed by atoms with Crippen molar-refractivity contribution in [3.63, 3.8) is 0 Å². The minimum atomic E-state index is -0.901. The highest BCUT2D eigenvalue weighted by atomic mass is 19.2. The van der Waals surface area contributed by atoms with E-state index in [0.717, 1.165) is 12.1 Å². The normalized spacial score (nSPS) is 13.7. The maximum absolute atomic E-state index is 12.9. The highest BCUT2D eigenvalue weighted by Gasteiger charge is 2.23. The van der Waals surface area contributed by atoms with Gasteiger partial charge in [0.15, 0.2) is 11.6 Å². The van der Waals surface area contributed by atoms with Crippen molar-refractivity contribution in [3.8, 4) is 0 Å². The number of benzene rings is 1. The number of aliphatic hydroxyl groups excluding tert-OH is 1. The van der Waals surface area contributed by atoms with Crippen molar-refractivity contribution in [2.45, 2.75) is 32.4 Å². The van der Waals surface area contributed by atoms with Gasteiger partial charge in [-0.25, -0.2) is 8.78 Å². The molecule has 1 unspecified atom stereocenters. The second-order valence-electron chi connectivity index (χ2n) is 4.15. The summed E-state index contributed by atoms with van der Waals surface area (Å²) in [5.41, 5.74) is -0.149. The fraction of sp³-hybridized carbons (Fsp3) is 0.455. The number of halogens is 2. The molecule has 0 saturated carbocycles. The molecule has 0 amide bonds. The lowest BCUT2D eigenvalue weighted by Crippen LogP contribution is -2.41. The van der Waals surface area contributed by atoms with Crippen LogP contribution in [-0.2, 0) is 0 Å². The quantitative estimate of drug-likeness (QED) is 0.812. The van der Waals surface area contributed by atoms with Gasteiger partial charge in [-0.2, -0.15) is 0 Å². The van der Waals surface area contributed by atoms with Crippen LogP contribution in [0, 0.1) is 11.6 Å². The molecule has 0 radical (unpaired) electrons. The average molecular weight is 215 g/mol. The molecule has 4 heteroatoms. The van der Waals surface area contributed by atoms with Crippen molar-refractivity contribution in [2.75, 3.05) is 5.32 Å². The molecule has 0 aliphatic rings. The molecule has 1 atom stereocenters. The Morgan fingerprint density at radius 3 is 2.33 bits per heavy atom. The van der Waals surface area contributed by atoms with Crippen LogP contribution in [0.5, 0.6) is 0 Å². The topological polar surface area (TPSA) is 32.3 Å². The first-order valence-corrected chi connectivity index (χ1v) is 4.74. The molecule has 2 N–H and O–H groups in total. The highest BCUT2D eigenvalue weighted by Crippen LogP contribution is 2.20. The summed E-state index contributed by atoms with van der Waals surface area (Å²) in [5, 5.41) is 12.4. The molecule has 0 heterocycles. The molecule has 2 nitrogen and oxygen atoms in total. The molecular weight excluding hydrogens is 200 g/mol. The third-order valence-electron chi connectivity index (χ3n) is 2.43. The van der Waals surface area contributed by atoms with Crippen molar-refractivity contribution in [2.24, 2.45) is 0 Å². The lowest BCUT2D eigenvalue weighted by Gasteiger charge is -2.30. The van der Waals surface area contributed by atoms with Gasteiger partial charge in [-0.1, -0.05) is 0 Å². The number of hydrogen-bond acceptors (Lipinski definition) is 2. The Labute approximate surface area is 87.9 Å². The van der Waals surface area contributed by atoms with Crippen molar-refractivity contribution in [1.29, 1.82) is 0 Å². The Morgan fingerprint density at radius 2 is 1.87 bits per heavy atom. The summed E-state index contributed by atoms with van der Waals surface area (Å²) in [7, 11) is 0. The van der Waals surface area contributed by atoms with Crippen LogP contribution in [0.15, 0.2) is 18.2 Å². The first-order valence-electron chi connectivity index (χ1n) is 4.74. The summed E-state index contributed by atoms with van der Waals surface area (Å²) < 4.78 is 25.5. The zero-order valence-corrected chi connectivity index (χ0v) is 9.01. The number of rotatable bonds is 3. The first kappa shape index (κ1) is 11.9. The summed E-state index contributed by atoms with van der Waals surface area (Å²) in [4.78, 5) is 0. The summed E-state index contributed by atoms with van der Waals surface area (Å²) in [6, 6.07) is 3.55. The van der Waals surface area contributed by atoms with Gasteiger partial charge < -0.3 is 10.4 Å². The summed E-state index contributed by atoms with van der Waals surface area (Å²) in [6.07, 6.45) is -0.606. The molecule has 1 aromatic rings. The Morgan fingerprint density at radius 1 is 1.27 bits per heavy atom. The monoisotopic (exact) mass is 215 g/mol. The van der Waals surface area contributed by atoms with E-state index in [1.807, 2.05) is 0 Å². The number of anilines is 1. The van der Waals surface area contributed by atoms with E-state index in [9.17, 15) is 13.9 Å². The molecule has 0 aromatic heterocycles. The lowest BCUT2D eigenvalue weighted by atomic mass is 9.98. The van der Waals surface area contributed by atoms with Gasteiger partial charge in [0.25, 0.3) is 0 Å². The molecular formula is C11H15F2NO.